The molecule has 1 nitrogen and oxygen atoms in total. The molecule has 0 saturated carbocycles. The molecule has 0 aromatic carbocycles. The predicted molar refractivity (Wildman–Crippen MR) is 63.3 cm³/mol. The Morgan fingerprint density at radius 3 is 2.93 bits per heavy atom. The number of rotatable bonds is 0. The second kappa shape index (κ2) is 2.65. The van der Waals surface area contributed by atoms with Gasteiger partial charge in [-0.3, -0.25) is 0 Å². The fraction of sp³-hybridized carbons (Fsp3) is 0.571. The Morgan fingerprint density at radius 2 is 2.13 bits per heavy atom. The molecule has 0 heterocycles. The summed E-state index contributed by atoms with van der Waals surface area (Å²) in [4.78, 5) is 0. The van der Waals surface area contributed by atoms with Crippen LogP contribution in [0.1, 0.15) is 33.1 Å². The van der Waals surface area contributed by atoms with E-state index in [0.717, 1.165) is 0 Å². The molecule has 3 aliphatic carbocycles. The standard InChI is InChI=1S/C14H19N/c1-13(2)6-3-10-4-7-14(15)8-5-11(9-13)12(10)14/h4-5,7-8,10H,3,6,9,15H2,1-2H3. The average Bonchev–Trinajstić information content (AvgIpc) is 2.56. The lowest BCUT2D eigenvalue weighted by Gasteiger charge is -2.22. The zero-order chi connectivity index (χ0) is 10.7. The van der Waals surface area contributed by atoms with E-state index < -0.39 is 0 Å². The monoisotopic (exact) mass is 201 g/mol. The van der Waals surface area contributed by atoms with E-state index in [1.165, 1.54) is 30.4 Å². The van der Waals surface area contributed by atoms with E-state index in [0.29, 0.717) is 11.3 Å². The van der Waals surface area contributed by atoms with Crippen molar-refractivity contribution in [2.75, 3.05) is 0 Å². The molecule has 0 aromatic heterocycles. The first-order valence-corrected chi connectivity index (χ1v) is 5.91. The van der Waals surface area contributed by atoms with Gasteiger partial charge in [0.1, 0.15) is 0 Å². The Bertz CT molecular complexity index is 398. The molecule has 0 spiro atoms. The van der Waals surface area contributed by atoms with Gasteiger partial charge in [0.05, 0.1) is 5.54 Å². The Labute approximate surface area is 91.7 Å². The molecule has 2 unspecified atom stereocenters. The summed E-state index contributed by atoms with van der Waals surface area (Å²) < 4.78 is 0. The van der Waals surface area contributed by atoms with Crippen molar-refractivity contribution in [2.45, 2.75) is 38.6 Å². The maximum absolute atomic E-state index is 6.38. The van der Waals surface area contributed by atoms with E-state index >= 15 is 0 Å². The first-order chi connectivity index (χ1) is 7.00. The van der Waals surface area contributed by atoms with Crippen LogP contribution in [0.3, 0.4) is 0 Å². The van der Waals surface area contributed by atoms with Crippen LogP contribution in [-0.2, 0) is 0 Å². The molecule has 3 rings (SSSR count). The van der Waals surface area contributed by atoms with E-state index in [1.807, 2.05) is 0 Å². The van der Waals surface area contributed by atoms with E-state index in [-0.39, 0.29) is 5.54 Å². The third kappa shape index (κ3) is 1.26. The van der Waals surface area contributed by atoms with Crippen LogP contribution in [0.25, 0.3) is 0 Å². The summed E-state index contributed by atoms with van der Waals surface area (Å²) in [5.41, 5.74) is 9.60. The normalized spacial score (nSPS) is 40.9. The lowest BCUT2D eigenvalue weighted by atomic mass is 9.83. The number of hydrogen-bond acceptors (Lipinski definition) is 1. The van der Waals surface area contributed by atoms with Crippen molar-refractivity contribution >= 4 is 0 Å². The topological polar surface area (TPSA) is 26.0 Å². The smallest absolute Gasteiger partial charge is 0.0756 e. The molecular weight excluding hydrogens is 182 g/mol. The summed E-state index contributed by atoms with van der Waals surface area (Å²) in [6.45, 7) is 4.74. The van der Waals surface area contributed by atoms with Crippen molar-refractivity contribution < 1.29 is 0 Å². The minimum absolute atomic E-state index is 0.222. The zero-order valence-electron chi connectivity index (χ0n) is 9.59. The van der Waals surface area contributed by atoms with Gasteiger partial charge in [-0.15, -0.1) is 0 Å². The van der Waals surface area contributed by atoms with Gasteiger partial charge in [0.25, 0.3) is 0 Å². The lowest BCUT2D eigenvalue weighted by molar-refractivity contribution is 0.325. The third-order valence-corrected chi connectivity index (χ3v) is 4.15. The van der Waals surface area contributed by atoms with Crippen LogP contribution in [-0.4, -0.2) is 5.54 Å². The first kappa shape index (κ1) is 9.41. The van der Waals surface area contributed by atoms with Crippen molar-refractivity contribution in [2.24, 2.45) is 17.1 Å². The minimum atomic E-state index is -0.222. The Balaban J connectivity index is 2.08. The van der Waals surface area contributed by atoms with Crippen molar-refractivity contribution in [1.82, 2.24) is 0 Å². The summed E-state index contributed by atoms with van der Waals surface area (Å²) in [5, 5.41) is 0. The highest BCUT2D eigenvalue weighted by Crippen LogP contribution is 2.49. The Kier molecular flexibility index (Phi) is 1.66. The number of hydrogen-bond donors (Lipinski definition) is 1. The highest BCUT2D eigenvalue weighted by Gasteiger charge is 2.42. The van der Waals surface area contributed by atoms with Gasteiger partial charge in [-0.25, -0.2) is 0 Å². The summed E-state index contributed by atoms with van der Waals surface area (Å²) >= 11 is 0. The van der Waals surface area contributed by atoms with Gasteiger partial charge in [-0.2, -0.15) is 0 Å². The molecule has 15 heavy (non-hydrogen) atoms. The molecule has 0 aliphatic heterocycles. The Hall–Kier alpha value is -0.820. The van der Waals surface area contributed by atoms with Crippen molar-refractivity contribution in [3.05, 3.63) is 35.5 Å². The lowest BCUT2D eigenvalue weighted by Crippen LogP contribution is -2.34. The van der Waals surface area contributed by atoms with Crippen molar-refractivity contribution in [3.8, 4) is 0 Å². The quantitative estimate of drug-likeness (QED) is 0.599. The van der Waals surface area contributed by atoms with E-state index in [2.05, 4.69) is 38.2 Å². The summed E-state index contributed by atoms with van der Waals surface area (Å²) in [7, 11) is 0. The molecule has 80 valence electrons. The van der Waals surface area contributed by atoms with E-state index in [9.17, 15) is 0 Å². The predicted octanol–water partition coefficient (Wildman–Crippen LogP) is 2.95. The molecule has 2 N–H and O–H groups in total. The molecule has 0 radical (unpaired) electrons. The van der Waals surface area contributed by atoms with Crippen LogP contribution < -0.4 is 5.73 Å². The summed E-state index contributed by atoms with van der Waals surface area (Å²) in [5.74, 6) is 0.613. The molecule has 1 heteroatoms. The summed E-state index contributed by atoms with van der Waals surface area (Å²) in [6, 6.07) is 0. The second-order valence-corrected chi connectivity index (χ2v) is 6.05. The molecule has 3 aliphatic rings. The average molecular weight is 201 g/mol. The van der Waals surface area contributed by atoms with Gasteiger partial charge in [0.2, 0.25) is 0 Å². The van der Waals surface area contributed by atoms with Gasteiger partial charge in [0.15, 0.2) is 0 Å². The minimum Gasteiger partial charge on any atom is -0.315 e. The zero-order valence-corrected chi connectivity index (χ0v) is 9.59. The van der Waals surface area contributed by atoms with Crippen LogP contribution in [0.2, 0.25) is 0 Å². The van der Waals surface area contributed by atoms with E-state index in [1.54, 1.807) is 0 Å². The molecule has 0 fully saturated rings. The molecule has 0 bridgehead atoms. The fourth-order valence-corrected chi connectivity index (χ4v) is 3.32. The maximum Gasteiger partial charge on any atom is 0.0756 e. The van der Waals surface area contributed by atoms with Crippen LogP contribution in [0, 0.1) is 11.3 Å². The van der Waals surface area contributed by atoms with Crippen LogP contribution in [0.5, 0.6) is 0 Å². The van der Waals surface area contributed by atoms with Gasteiger partial charge >= 0.3 is 0 Å². The molecule has 0 amide bonds. The molecular formula is C14H19N. The highest BCUT2D eigenvalue weighted by atomic mass is 14.8. The fourth-order valence-electron chi connectivity index (χ4n) is 3.32. The first-order valence-electron chi connectivity index (χ1n) is 5.91. The second-order valence-electron chi connectivity index (χ2n) is 6.05. The number of allylic oxidation sites excluding steroid dienone is 3. The largest absolute Gasteiger partial charge is 0.315 e. The highest BCUT2D eigenvalue weighted by molar-refractivity contribution is 5.56. The van der Waals surface area contributed by atoms with Gasteiger partial charge in [0, 0.05) is 5.92 Å². The van der Waals surface area contributed by atoms with Crippen LogP contribution >= 0.6 is 0 Å². The SMILES string of the molecule is CC1(C)CCC2C=CC3(N)C=CC(=C23)C1. The van der Waals surface area contributed by atoms with Gasteiger partial charge in [-0.05, 0) is 35.8 Å². The summed E-state index contributed by atoms with van der Waals surface area (Å²) in [6.07, 6.45) is 12.7. The molecule has 0 saturated heterocycles. The van der Waals surface area contributed by atoms with Crippen LogP contribution in [0.4, 0.5) is 0 Å². The molecule has 0 aromatic rings. The van der Waals surface area contributed by atoms with Crippen molar-refractivity contribution in [1.29, 1.82) is 0 Å². The molecule has 2 atom stereocenters. The van der Waals surface area contributed by atoms with Gasteiger partial charge < -0.3 is 5.73 Å². The van der Waals surface area contributed by atoms with Crippen molar-refractivity contribution in [3.63, 3.8) is 0 Å². The van der Waals surface area contributed by atoms with E-state index in [4.69, 9.17) is 5.73 Å². The maximum atomic E-state index is 6.38. The Morgan fingerprint density at radius 1 is 1.33 bits per heavy atom. The van der Waals surface area contributed by atoms with Crippen LogP contribution in [0.15, 0.2) is 35.5 Å². The number of nitrogens with two attached hydrogens (primary N) is 1. The van der Waals surface area contributed by atoms with Gasteiger partial charge in [-0.1, -0.05) is 38.2 Å². The third-order valence-electron chi connectivity index (χ3n) is 4.15.